The summed E-state index contributed by atoms with van der Waals surface area (Å²) in [5.41, 5.74) is 1.48. The van der Waals surface area contributed by atoms with Gasteiger partial charge in [-0.3, -0.25) is 14.8 Å². The largest absolute Gasteiger partial charge is 0.414 e. The second-order valence-electron chi connectivity index (χ2n) is 9.67. The molecule has 8 heteroatoms. The maximum Gasteiger partial charge on any atom is 0.414 e. The molecule has 2 N–H and O–H groups in total. The summed E-state index contributed by atoms with van der Waals surface area (Å²) in [5, 5.41) is 6.49. The topological polar surface area (TPSA) is 106 Å². The average Bonchev–Trinajstić information content (AvgIpc) is 2.66. The zero-order valence-electron chi connectivity index (χ0n) is 17.9. The minimum atomic E-state index is -0.506. The maximum atomic E-state index is 13.0. The molecule has 0 saturated heterocycles. The third-order valence-electron chi connectivity index (χ3n) is 6.90. The Hall–Kier alpha value is -3.03. The number of nitrogens with zero attached hydrogens (tertiary/aromatic N) is 3. The molecule has 0 aromatic carbocycles. The van der Waals surface area contributed by atoms with Crippen molar-refractivity contribution in [3.8, 4) is 5.88 Å². The number of hydrogen-bond donors (Lipinski definition) is 2. The SMILES string of the molecule is Cc1cc(C(=O)NC23CC4CC(CC(NC(=O)Oc5cncc(C)n5)(C4)C2)C3)ccn1. The lowest BCUT2D eigenvalue weighted by atomic mass is 9.50. The molecule has 4 saturated carbocycles. The molecular weight excluding hydrogens is 394 g/mol. The first-order valence-corrected chi connectivity index (χ1v) is 10.9. The van der Waals surface area contributed by atoms with Gasteiger partial charge in [-0.15, -0.1) is 0 Å². The second-order valence-corrected chi connectivity index (χ2v) is 9.67. The molecule has 0 aliphatic heterocycles. The number of aryl methyl sites for hydroxylation is 2. The van der Waals surface area contributed by atoms with E-state index in [0.717, 1.165) is 44.2 Å². The molecule has 2 unspecified atom stereocenters. The molecule has 2 aromatic heterocycles. The van der Waals surface area contributed by atoms with Gasteiger partial charge >= 0.3 is 6.09 Å². The molecule has 2 amide bonds. The van der Waals surface area contributed by atoms with E-state index in [-0.39, 0.29) is 22.9 Å². The van der Waals surface area contributed by atoms with E-state index in [1.165, 1.54) is 6.20 Å². The second kappa shape index (κ2) is 7.28. The molecule has 2 atom stereocenters. The number of carbonyl (C=O) groups is 2. The van der Waals surface area contributed by atoms with Gasteiger partial charge in [0, 0.05) is 34.7 Å². The quantitative estimate of drug-likeness (QED) is 0.786. The number of pyridine rings is 1. The Morgan fingerprint density at radius 3 is 2.42 bits per heavy atom. The minimum absolute atomic E-state index is 0.0692. The first kappa shape index (κ1) is 19.9. The highest BCUT2D eigenvalue weighted by molar-refractivity contribution is 5.94. The predicted octanol–water partition coefficient (Wildman–Crippen LogP) is 3.10. The standard InChI is InChI=1S/C23H27N5O3/c1-14-5-18(3-4-25-14)20(29)27-22-7-16-6-17(8-22)10-23(9-16,13-22)28-21(30)31-19-12-24-11-15(2)26-19/h3-5,11-12,16-17H,6-10,13H2,1-2H3,(H,27,29)(H,28,30). The highest BCUT2D eigenvalue weighted by Gasteiger charge is 2.59. The van der Waals surface area contributed by atoms with E-state index in [2.05, 4.69) is 25.6 Å². The van der Waals surface area contributed by atoms with E-state index in [4.69, 9.17) is 4.74 Å². The molecule has 162 valence electrons. The van der Waals surface area contributed by atoms with E-state index >= 15 is 0 Å². The van der Waals surface area contributed by atoms with Gasteiger partial charge in [0.25, 0.3) is 5.91 Å². The predicted molar refractivity (Wildman–Crippen MR) is 113 cm³/mol. The summed E-state index contributed by atoms with van der Waals surface area (Å²) in [6.07, 6.45) is 9.84. The van der Waals surface area contributed by atoms with Gasteiger partial charge in [0.1, 0.15) is 0 Å². The minimum Gasteiger partial charge on any atom is -0.390 e. The molecule has 8 nitrogen and oxygen atoms in total. The van der Waals surface area contributed by atoms with Crippen molar-refractivity contribution in [3.63, 3.8) is 0 Å². The van der Waals surface area contributed by atoms with Crippen molar-refractivity contribution < 1.29 is 14.3 Å². The Bertz CT molecular complexity index is 1030. The number of rotatable bonds is 4. The monoisotopic (exact) mass is 421 g/mol. The van der Waals surface area contributed by atoms with Crippen molar-refractivity contribution in [1.29, 1.82) is 0 Å². The number of hydrogen-bond acceptors (Lipinski definition) is 6. The molecule has 4 aliphatic rings. The van der Waals surface area contributed by atoms with Gasteiger partial charge in [0.2, 0.25) is 5.88 Å². The molecule has 0 radical (unpaired) electrons. The van der Waals surface area contributed by atoms with Crippen molar-refractivity contribution in [2.24, 2.45) is 11.8 Å². The molecule has 31 heavy (non-hydrogen) atoms. The lowest BCUT2D eigenvalue weighted by Gasteiger charge is -2.62. The first-order chi connectivity index (χ1) is 14.8. The molecule has 2 aromatic rings. The summed E-state index contributed by atoms with van der Waals surface area (Å²) < 4.78 is 5.41. The van der Waals surface area contributed by atoms with Crippen LogP contribution in [-0.2, 0) is 0 Å². The number of carbonyl (C=O) groups excluding carboxylic acids is 2. The summed E-state index contributed by atoms with van der Waals surface area (Å²) in [7, 11) is 0. The number of aromatic nitrogens is 3. The molecule has 6 rings (SSSR count). The van der Waals surface area contributed by atoms with Crippen LogP contribution in [0.4, 0.5) is 4.79 Å². The van der Waals surface area contributed by atoms with Crippen LogP contribution in [-0.4, -0.2) is 38.0 Å². The summed E-state index contributed by atoms with van der Waals surface area (Å²) in [4.78, 5) is 38.1. The van der Waals surface area contributed by atoms with Crippen molar-refractivity contribution in [2.45, 2.75) is 63.5 Å². The van der Waals surface area contributed by atoms with Crippen LogP contribution in [0, 0.1) is 25.7 Å². The molecule has 4 fully saturated rings. The summed E-state index contributed by atoms with van der Waals surface area (Å²) in [5.74, 6) is 1.10. The van der Waals surface area contributed by atoms with E-state index in [0.29, 0.717) is 23.1 Å². The number of nitrogens with one attached hydrogen (secondary N) is 2. The smallest absolute Gasteiger partial charge is 0.390 e. The van der Waals surface area contributed by atoms with Gasteiger partial charge in [-0.2, -0.15) is 0 Å². The summed E-state index contributed by atoms with van der Waals surface area (Å²) in [6.45, 7) is 3.68. The third kappa shape index (κ3) is 3.98. The Morgan fingerprint density at radius 2 is 1.74 bits per heavy atom. The van der Waals surface area contributed by atoms with Crippen molar-refractivity contribution in [1.82, 2.24) is 25.6 Å². The van der Waals surface area contributed by atoms with Crippen LogP contribution in [0.25, 0.3) is 0 Å². The van der Waals surface area contributed by atoms with Gasteiger partial charge in [0.05, 0.1) is 11.9 Å². The van der Waals surface area contributed by atoms with Gasteiger partial charge in [-0.25, -0.2) is 9.78 Å². The van der Waals surface area contributed by atoms with Crippen LogP contribution in [0.5, 0.6) is 5.88 Å². The first-order valence-electron chi connectivity index (χ1n) is 10.9. The fourth-order valence-corrected chi connectivity index (χ4v) is 6.38. The third-order valence-corrected chi connectivity index (χ3v) is 6.90. The van der Waals surface area contributed by atoms with Crippen LogP contribution >= 0.6 is 0 Å². The van der Waals surface area contributed by atoms with Gasteiger partial charge in [0.15, 0.2) is 0 Å². The highest BCUT2D eigenvalue weighted by Crippen LogP contribution is 2.57. The van der Waals surface area contributed by atoms with Gasteiger partial charge in [-0.05, 0) is 76.3 Å². The Kier molecular flexibility index (Phi) is 4.68. The van der Waals surface area contributed by atoms with E-state index < -0.39 is 6.09 Å². The molecule has 0 spiro atoms. The van der Waals surface area contributed by atoms with Crippen molar-refractivity contribution in [2.75, 3.05) is 0 Å². The lowest BCUT2D eigenvalue weighted by Crippen LogP contribution is -2.70. The van der Waals surface area contributed by atoms with Gasteiger partial charge in [-0.1, -0.05) is 0 Å². The number of ether oxygens (including phenoxy) is 1. The lowest BCUT2D eigenvalue weighted by molar-refractivity contribution is -0.0449. The Balaban J connectivity index is 1.32. The molecule has 2 heterocycles. The van der Waals surface area contributed by atoms with E-state index in [1.807, 2.05) is 13.0 Å². The maximum absolute atomic E-state index is 13.0. The molecule has 4 bridgehead atoms. The van der Waals surface area contributed by atoms with Crippen LogP contribution in [0.3, 0.4) is 0 Å². The molecule has 4 aliphatic carbocycles. The molecular formula is C23H27N5O3. The fourth-order valence-electron chi connectivity index (χ4n) is 6.38. The number of amides is 2. The van der Waals surface area contributed by atoms with Crippen LogP contribution in [0.15, 0.2) is 30.7 Å². The van der Waals surface area contributed by atoms with Crippen LogP contribution in [0.2, 0.25) is 0 Å². The van der Waals surface area contributed by atoms with E-state index in [9.17, 15) is 9.59 Å². The van der Waals surface area contributed by atoms with Crippen LogP contribution in [0.1, 0.15) is 60.3 Å². The Labute approximate surface area is 181 Å². The van der Waals surface area contributed by atoms with Crippen LogP contribution < -0.4 is 15.4 Å². The average molecular weight is 422 g/mol. The Morgan fingerprint density at radius 1 is 1.03 bits per heavy atom. The zero-order valence-corrected chi connectivity index (χ0v) is 17.9. The normalized spacial score (nSPS) is 30.6. The van der Waals surface area contributed by atoms with Gasteiger partial charge < -0.3 is 15.4 Å². The zero-order chi connectivity index (χ0) is 21.6. The van der Waals surface area contributed by atoms with Crippen molar-refractivity contribution in [3.05, 3.63) is 47.7 Å². The summed E-state index contributed by atoms with van der Waals surface area (Å²) >= 11 is 0. The summed E-state index contributed by atoms with van der Waals surface area (Å²) in [6, 6.07) is 3.56. The van der Waals surface area contributed by atoms with E-state index in [1.54, 1.807) is 25.4 Å². The van der Waals surface area contributed by atoms with Crippen molar-refractivity contribution >= 4 is 12.0 Å². The highest BCUT2D eigenvalue weighted by atomic mass is 16.6. The fraction of sp³-hybridized carbons (Fsp3) is 0.522.